The standard InChI is InChI=1S/C10H15FO/c1-9(6-7-12)4-3-5-10(2)8-11/h5-7H,3-4,8H2,1-2H3. The first kappa shape index (κ1) is 11.1. The Morgan fingerprint density at radius 1 is 1.33 bits per heavy atom. The van der Waals surface area contributed by atoms with Gasteiger partial charge in [0.15, 0.2) is 0 Å². The van der Waals surface area contributed by atoms with Crippen LogP contribution in [0.2, 0.25) is 0 Å². The lowest BCUT2D eigenvalue weighted by atomic mass is 10.1. The molecule has 0 radical (unpaired) electrons. The Morgan fingerprint density at radius 3 is 2.50 bits per heavy atom. The van der Waals surface area contributed by atoms with Crippen LogP contribution in [0.4, 0.5) is 4.39 Å². The third kappa shape index (κ3) is 5.83. The minimum absolute atomic E-state index is 0.379. The predicted molar refractivity (Wildman–Crippen MR) is 48.8 cm³/mol. The molecule has 0 atom stereocenters. The van der Waals surface area contributed by atoms with Crippen LogP contribution >= 0.6 is 0 Å². The third-order valence-electron chi connectivity index (χ3n) is 1.59. The van der Waals surface area contributed by atoms with Crippen molar-refractivity contribution in [3.63, 3.8) is 0 Å². The molecule has 0 aromatic rings. The highest BCUT2D eigenvalue weighted by molar-refractivity contribution is 5.65. The summed E-state index contributed by atoms with van der Waals surface area (Å²) in [7, 11) is 0. The highest BCUT2D eigenvalue weighted by Gasteiger charge is 1.89. The molecule has 0 aromatic heterocycles. The minimum Gasteiger partial charge on any atom is -0.299 e. The van der Waals surface area contributed by atoms with Crippen LogP contribution in [0.1, 0.15) is 26.7 Å². The molecular weight excluding hydrogens is 155 g/mol. The Bertz CT molecular complexity index is 192. The molecule has 0 unspecified atom stereocenters. The van der Waals surface area contributed by atoms with Crippen LogP contribution < -0.4 is 0 Å². The molecule has 0 heterocycles. The van der Waals surface area contributed by atoms with Gasteiger partial charge in [-0.25, -0.2) is 4.39 Å². The van der Waals surface area contributed by atoms with Crippen LogP contribution in [-0.2, 0) is 4.79 Å². The van der Waals surface area contributed by atoms with Crippen LogP contribution in [0.5, 0.6) is 0 Å². The number of rotatable bonds is 5. The molecule has 0 N–H and O–H groups in total. The Balaban J connectivity index is 3.69. The smallest absolute Gasteiger partial charge is 0.142 e. The minimum atomic E-state index is -0.379. The number of carbonyl (C=O) groups excluding carboxylic acids is 1. The molecule has 0 spiro atoms. The molecule has 0 amide bonds. The van der Waals surface area contributed by atoms with Crippen molar-refractivity contribution >= 4 is 6.29 Å². The first-order valence-electron chi connectivity index (χ1n) is 4.03. The van der Waals surface area contributed by atoms with E-state index in [0.717, 1.165) is 30.3 Å². The Morgan fingerprint density at radius 2 is 2.00 bits per heavy atom. The predicted octanol–water partition coefficient (Wildman–Crippen LogP) is 2.83. The summed E-state index contributed by atoms with van der Waals surface area (Å²) >= 11 is 0. The van der Waals surface area contributed by atoms with Crippen LogP contribution in [0.25, 0.3) is 0 Å². The van der Waals surface area contributed by atoms with Crippen molar-refractivity contribution in [2.75, 3.05) is 6.67 Å². The molecule has 0 rings (SSSR count). The molecule has 0 aliphatic carbocycles. The maximum Gasteiger partial charge on any atom is 0.142 e. The van der Waals surface area contributed by atoms with Gasteiger partial charge in [0.1, 0.15) is 13.0 Å². The maximum atomic E-state index is 11.9. The first-order valence-corrected chi connectivity index (χ1v) is 4.03. The van der Waals surface area contributed by atoms with E-state index >= 15 is 0 Å². The quantitative estimate of drug-likeness (QED) is 0.352. The van der Waals surface area contributed by atoms with Crippen molar-refractivity contribution < 1.29 is 9.18 Å². The van der Waals surface area contributed by atoms with E-state index in [-0.39, 0.29) is 6.67 Å². The maximum absolute atomic E-state index is 11.9. The molecule has 1 nitrogen and oxygen atoms in total. The summed E-state index contributed by atoms with van der Waals surface area (Å²) in [6.07, 6.45) is 5.82. The topological polar surface area (TPSA) is 17.1 Å². The normalized spacial score (nSPS) is 13.2. The first-order chi connectivity index (χ1) is 5.70. The summed E-state index contributed by atoms with van der Waals surface area (Å²) in [5, 5.41) is 0. The van der Waals surface area contributed by atoms with Gasteiger partial charge >= 0.3 is 0 Å². The SMILES string of the molecule is CC(=CCCC(C)=CC=O)CF. The van der Waals surface area contributed by atoms with Gasteiger partial charge in [0.2, 0.25) is 0 Å². The zero-order valence-electron chi connectivity index (χ0n) is 7.64. The highest BCUT2D eigenvalue weighted by atomic mass is 19.1. The number of aldehydes is 1. The largest absolute Gasteiger partial charge is 0.299 e. The van der Waals surface area contributed by atoms with Gasteiger partial charge in [-0.2, -0.15) is 0 Å². The molecule has 0 fully saturated rings. The van der Waals surface area contributed by atoms with Gasteiger partial charge in [0.25, 0.3) is 0 Å². The second kappa shape index (κ2) is 6.77. The second-order valence-electron chi connectivity index (χ2n) is 2.87. The van der Waals surface area contributed by atoms with E-state index < -0.39 is 0 Å². The van der Waals surface area contributed by atoms with E-state index in [0.29, 0.717) is 0 Å². The molecule has 0 aliphatic heterocycles. The highest BCUT2D eigenvalue weighted by Crippen LogP contribution is 2.05. The van der Waals surface area contributed by atoms with Gasteiger partial charge in [0.05, 0.1) is 0 Å². The summed E-state index contributed by atoms with van der Waals surface area (Å²) in [5.41, 5.74) is 1.79. The average molecular weight is 170 g/mol. The summed E-state index contributed by atoms with van der Waals surface area (Å²) in [4.78, 5) is 10.0. The molecule has 0 aromatic carbocycles. The van der Waals surface area contributed by atoms with E-state index in [1.807, 2.05) is 13.0 Å². The van der Waals surface area contributed by atoms with Gasteiger partial charge in [-0.1, -0.05) is 11.6 Å². The Hall–Kier alpha value is -0.920. The fourth-order valence-electron chi connectivity index (χ4n) is 0.800. The fourth-order valence-corrected chi connectivity index (χ4v) is 0.800. The lowest BCUT2D eigenvalue weighted by molar-refractivity contribution is -0.104. The molecule has 0 saturated carbocycles. The van der Waals surface area contributed by atoms with E-state index in [1.54, 1.807) is 13.0 Å². The summed E-state index contributed by atoms with van der Waals surface area (Å²) in [5.74, 6) is 0. The molecule has 68 valence electrons. The third-order valence-corrected chi connectivity index (χ3v) is 1.59. The number of alkyl halides is 1. The molecular formula is C10H15FO. The van der Waals surface area contributed by atoms with E-state index in [9.17, 15) is 9.18 Å². The van der Waals surface area contributed by atoms with Crippen LogP contribution in [0, 0.1) is 0 Å². The molecule has 12 heavy (non-hydrogen) atoms. The van der Waals surface area contributed by atoms with E-state index in [4.69, 9.17) is 0 Å². The van der Waals surface area contributed by atoms with Gasteiger partial charge in [-0.15, -0.1) is 0 Å². The lowest BCUT2D eigenvalue weighted by Gasteiger charge is -1.96. The number of carbonyl (C=O) groups is 1. The lowest BCUT2D eigenvalue weighted by Crippen LogP contribution is -1.80. The monoisotopic (exact) mass is 170 g/mol. The van der Waals surface area contributed by atoms with Crippen molar-refractivity contribution in [3.05, 3.63) is 23.3 Å². The van der Waals surface area contributed by atoms with Gasteiger partial charge < -0.3 is 0 Å². The van der Waals surface area contributed by atoms with E-state index in [1.165, 1.54) is 0 Å². The average Bonchev–Trinajstić information content (AvgIpc) is 2.04. The summed E-state index contributed by atoms with van der Waals surface area (Å²) < 4.78 is 11.9. The Kier molecular flexibility index (Phi) is 6.25. The fraction of sp³-hybridized carbons (Fsp3) is 0.500. The molecule has 0 bridgehead atoms. The number of halogens is 1. The molecule has 2 heteroatoms. The van der Waals surface area contributed by atoms with Gasteiger partial charge in [-0.3, -0.25) is 4.79 Å². The summed E-state index contributed by atoms with van der Waals surface area (Å²) in [6, 6.07) is 0. The Labute approximate surface area is 73.0 Å². The van der Waals surface area contributed by atoms with Crippen LogP contribution in [0.3, 0.4) is 0 Å². The number of hydrogen-bond donors (Lipinski definition) is 0. The van der Waals surface area contributed by atoms with Crippen molar-refractivity contribution in [2.24, 2.45) is 0 Å². The molecule has 0 aliphatic rings. The van der Waals surface area contributed by atoms with Crippen molar-refractivity contribution in [2.45, 2.75) is 26.7 Å². The zero-order chi connectivity index (χ0) is 9.40. The number of allylic oxidation sites excluding steroid dienone is 4. The molecule has 0 saturated heterocycles. The summed E-state index contributed by atoms with van der Waals surface area (Å²) in [6.45, 7) is 3.28. The van der Waals surface area contributed by atoms with Crippen molar-refractivity contribution in [3.8, 4) is 0 Å². The van der Waals surface area contributed by atoms with Crippen LogP contribution in [0.15, 0.2) is 23.3 Å². The van der Waals surface area contributed by atoms with Crippen molar-refractivity contribution in [1.82, 2.24) is 0 Å². The van der Waals surface area contributed by atoms with Gasteiger partial charge in [0, 0.05) is 0 Å². The van der Waals surface area contributed by atoms with Gasteiger partial charge in [-0.05, 0) is 38.3 Å². The second-order valence-corrected chi connectivity index (χ2v) is 2.87. The van der Waals surface area contributed by atoms with Crippen LogP contribution in [-0.4, -0.2) is 13.0 Å². The number of hydrogen-bond acceptors (Lipinski definition) is 1. The van der Waals surface area contributed by atoms with E-state index in [2.05, 4.69) is 0 Å². The van der Waals surface area contributed by atoms with Crippen molar-refractivity contribution in [1.29, 1.82) is 0 Å². The zero-order valence-corrected chi connectivity index (χ0v) is 7.64.